The number of amides is 3. The van der Waals surface area contributed by atoms with Crippen LogP contribution in [0.2, 0.25) is 0 Å². The zero-order valence-electron chi connectivity index (χ0n) is 16.2. The van der Waals surface area contributed by atoms with E-state index in [1.165, 1.54) is 29.1 Å². The molecule has 2 aliphatic rings. The molecule has 6 nitrogen and oxygen atoms in total. The SMILES string of the molecule is N#Cc1cc2c(s1)CCN(C(=O)Nc1ccc(NC(=O)CC3CCCC3)cc1)C2. The first-order chi connectivity index (χ1) is 14.1. The van der Waals surface area contributed by atoms with Crippen LogP contribution < -0.4 is 10.6 Å². The Kier molecular flexibility index (Phi) is 5.81. The number of benzene rings is 1. The summed E-state index contributed by atoms with van der Waals surface area (Å²) in [6.07, 6.45) is 6.14. The number of hydrogen-bond acceptors (Lipinski definition) is 4. The molecule has 0 radical (unpaired) electrons. The van der Waals surface area contributed by atoms with Gasteiger partial charge in [0, 0.05) is 35.8 Å². The van der Waals surface area contributed by atoms with E-state index in [-0.39, 0.29) is 11.9 Å². The number of thiophene rings is 1. The molecule has 0 saturated heterocycles. The van der Waals surface area contributed by atoms with E-state index in [0.29, 0.717) is 36.0 Å². The van der Waals surface area contributed by atoms with Gasteiger partial charge in [0.1, 0.15) is 10.9 Å². The van der Waals surface area contributed by atoms with Crippen LogP contribution in [0, 0.1) is 17.2 Å². The van der Waals surface area contributed by atoms with Crippen molar-refractivity contribution >= 4 is 34.6 Å². The van der Waals surface area contributed by atoms with Crippen molar-refractivity contribution in [2.24, 2.45) is 5.92 Å². The molecule has 3 amide bonds. The molecule has 0 unspecified atom stereocenters. The maximum atomic E-state index is 12.6. The van der Waals surface area contributed by atoms with E-state index in [2.05, 4.69) is 16.7 Å². The zero-order chi connectivity index (χ0) is 20.2. The number of rotatable bonds is 4. The number of hydrogen-bond donors (Lipinski definition) is 2. The summed E-state index contributed by atoms with van der Waals surface area (Å²) in [5.41, 5.74) is 2.50. The standard InChI is InChI=1S/C22H24N4O2S/c23-13-19-12-16-14-26(10-9-20(16)29-19)22(28)25-18-7-5-17(6-8-18)24-21(27)11-15-3-1-2-4-15/h5-8,12,15H,1-4,9-11,14H2,(H,24,27)(H,25,28). The van der Waals surface area contributed by atoms with Crippen LogP contribution in [-0.2, 0) is 17.8 Å². The van der Waals surface area contributed by atoms with Crippen molar-refractivity contribution in [3.05, 3.63) is 45.6 Å². The molecule has 0 spiro atoms. The molecular weight excluding hydrogens is 384 g/mol. The molecule has 1 aromatic carbocycles. The predicted octanol–water partition coefficient (Wildman–Crippen LogP) is 4.73. The van der Waals surface area contributed by atoms with Crippen molar-refractivity contribution in [2.75, 3.05) is 17.2 Å². The summed E-state index contributed by atoms with van der Waals surface area (Å²) < 4.78 is 0. The Morgan fingerprint density at radius 1 is 1.14 bits per heavy atom. The fraction of sp³-hybridized carbons (Fsp3) is 0.409. The number of urea groups is 1. The summed E-state index contributed by atoms with van der Waals surface area (Å²) in [6, 6.07) is 11.1. The van der Waals surface area contributed by atoms with E-state index >= 15 is 0 Å². The molecule has 2 aromatic rings. The average Bonchev–Trinajstić information content (AvgIpc) is 3.37. The average molecular weight is 409 g/mol. The fourth-order valence-corrected chi connectivity index (χ4v) is 5.05. The van der Waals surface area contributed by atoms with Crippen molar-refractivity contribution < 1.29 is 9.59 Å². The van der Waals surface area contributed by atoms with Gasteiger partial charge in [-0.25, -0.2) is 4.79 Å². The zero-order valence-corrected chi connectivity index (χ0v) is 17.1. The van der Waals surface area contributed by atoms with Gasteiger partial charge in [0.15, 0.2) is 0 Å². The van der Waals surface area contributed by atoms with E-state index in [1.54, 1.807) is 17.0 Å². The minimum absolute atomic E-state index is 0.0605. The largest absolute Gasteiger partial charge is 0.326 e. The Morgan fingerprint density at radius 2 is 1.83 bits per heavy atom. The molecule has 150 valence electrons. The molecule has 1 aliphatic heterocycles. The number of carbonyl (C=O) groups is 2. The maximum absolute atomic E-state index is 12.6. The van der Waals surface area contributed by atoms with Crippen LogP contribution >= 0.6 is 11.3 Å². The first-order valence-corrected chi connectivity index (χ1v) is 10.9. The second-order valence-electron chi connectivity index (χ2n) is 7.75. The number of nitriles is 1. The van der Waals surface area contributed by atoms with Crippen LogP contribution in [0.15, 0.2) is 30.3 Å². The van der Waals surface area contributed by atoms with E-state index < -0.39 is 0 Å². The van der Waals surface area contributed by atoms with Crippen LogP contribution in [0.25, 0.3) is 0 Å². The fourth-order valence-electron chi connectivity index (χ4n) is 4.09. The Labute approximate surface area is 174 Å². The van der Waals surface area contributed by atoms with Crippen molar-refractivity contribution in [1.29, 1.82) is 5.26 Å². The topological polar surface area (TPSA) is 85.2 Å². The van der Waals surface area contributed by atoms with Gasteiger partial charge in [-0.1, -0.05) is 12.8 Å². The number of anilines is 2. The van der Waals surface area contributed by atoms with Gasteiger partial charge >= 0.3 is 6.03 Å². The maximum Gasteiger partial charge on any atom is 0.322 e. The quantitative estimate of drug-likeness (QED) is 0.767. The Bertz CT molecular complexity index is 939. The molecule has 2 N–H and O–H groups in total. The van der Waals surface area contributed by atoms with E-state index in [0.717, 1.165) is 30.5 Å². The highest BCUT2D eigenvalue weighted by molar-refractivity contribution is 7.12. The molecule has 1 fully saturated rings. The van der Waals surface area contributed by atoms with Gasteiger partial charge in [-0.15, -0.1) is 11.3 Å². The lowest BCUT2D eigenvalue weighted by atomic mass is 10.0. The molecule has 1 saturated carbocycles. The number of nitrogens with zero attached hydrogens (tertiary/aromatic N) is 2. The second-order valence-corrected chi connectivity index (χ2v) is 8.89. The molecule has 2 heterocycles. The number of fused-ring (bicyclic) bond motifs is 1. The predicted molar refractivity (Wildman–Crippen MR) is 114 cm³/mol. The molecular formula is C22H24N4O2S. The first-order valence-electron chi connectivity index (χ1n) is 10.1. The summed E-state index contributed by atoms with van der Waals surface area (Å²) in [5, 5.41) is 14.9. The van der Waals surface area contributed by atoms with Crippen LogP contribution in [-0.4, -0.2) is 23.4 Å². The van der Waals surface area contributed by atoms with Gasteiger partial charge in [0.05, 0.1) is 0 Å². The van der Waals surface area contributed by atoms with Gasteiger partial charge in [0.2, 0.25) is 5.91 Å². The third-order valence-corrected chi connectivity index (χ3v) is 6.77. The lowest BCUT2D eigenvalue weighted by molar-refractivity contribution is -0.117. The van der Waals surface area contributed by atoms with Crippen molar-refractivity contribution in [2.45, 2.75) is 45.1 Å². The summed E-state index contributed by atoms with van der Waals surface area (Å²) in [4.78, 5) is 28.4. The highest BCUT2D eigenvalue weighted by atomic mass is 32.1. The third kappa shape index (κ3) is 4.77. The van der Waals surface area contributed by atoms with Gasteiger partial charge in [0.25, 0.3) is 0 Å². The van der Waals surface area contributed by atoms with Crippen LogP contribution in [0.1, 0.15) is 47.4 Å². The lowest BCUT2D eigenvalue weighted by Gasteiger charge is -2.27. The van der Waals surface area contributed by atoms with Crippen molar-refractivity contribution in [3.63, 3.8) is 0 Å². The molecule has 1 aliphatic carbocycles. The van der Waals surface area contributed by atoms with Gasteiger partial charge in [-0.3, -0.25) is 4.79 Å². The molecule has 1 aromatic heterocycles. The summed E-state index contributed by atoms with van der Waals surface area (Å²) in [6.45, 7) is 1.16. The number of carbonyl (C=O) groups excluding carboxylic acids is 2. The highest BCUT2D eigenvalue weighted by Gasteiger charge is 2.23. The minimum Gasteiger partial charge on any atom is -0.326 e. The molecule has 7 heteroatoms. The van der Waals surface area contributed by atoms with Crippen LogP contribution in [0.5, 0.6) is 0 Å². The van der Waals surface area contributed by atoms with Crippen molar-refractivity contribution in [3.8, 4) is 6.07 Å². The summed E-state index contributed by atoms with van der Waals surface area (Å²) in [7, 11) is 0. The monoisotopic (exact) mass is 408 g/mol. The van der Waals surface area contributed by atoms with E-state index in [4.69, 9.17) is 5.26 Å². The molecule has 0 atom stereocenters. The molecule has 0 bridgehead atoms. The van der Waals surface area contributed by atoms with Crippen LogP contribution in [0.3, 0.4) is 0 Å². The van der Waals surface area contributed by atoms with Crippen molar-refractivity contribution in [1.82, 2.24) is 4.90 Å². The molecule has 29 heavy (non-hydrogen) atoms. The Balaban J connectivity index is 1.30. The van der Waals surface area contributed by atoms with Gasteiger partial charge in [-0.05, 0) is 61.1 Å². The number of nitrogens with one attached hydrogen (secondary N) is 2. The van der Waals surface area contributed by atoms with E-state index in [1.807, 2.05) is 18.2 Å². The minimum atomic E-state index is -0.154. The third-order valence-electron chi connectivity index (χ3n) is 5.63. The smallest absolute Gasteiger partial charge is 0.322 e. The summed E-state index contributed by atoms with van der Waals surface area (Å²) in [5.74, 6) is 0.580. The van der Waals surface area contributed by atoms with E-state index in [9.17, 15) is 9.59 Å². The first kappa shape index (κ1) is 19.5. The lowest BCUT2D eigenvalue weighted by Crippen LogP contribution is -2.38. The second kappa shape index (κ2) is 8.66. The van der Waals surface area contributed by atoms with Gasteiger partial charge in [-0.2, -0.15) is 5.26 Å². The molecule has 4 rings (SSSR count). The Hall–Kier alpha value is -2.85. The Morgan fingerprint density at radius 3 is 2.52 bits per heavy atom. The summed E-state index contributed by atoms with van der Waals surface area (Å²) >= 11 is 1.52. The van der Waals surface area contributed by atoms with Gasteiger partial charge < -0.3 is 15.5 Å². The normalized spacial score (nSPS) is 16.2. The highest BCUT2D eigenvalue weighted by Crippen LogP contribution is 2.29. The van der Waals surface area contributed by atoms with Crippen LogP contribution in [0.4, 0.5) is 16.2 Å².